The number of benzene rings is 1. The van der Waals surface area contributed by atoms with Crippen LogP contribution in [0.1, 0.15) is 71.6 Å². The second-order valence-corrected chi connectivity index (χ2v) is 10.6. The summed E-state index contributed by atoms with van der Waals surface area (Å²) in [6.07, 6.45) is 8.96. The fourth-order valence-electron chi connectivity index (χ4n) is 6.02. The highest BCUT2D eigenvalue weighted by Crippen LogP contribution is 2.43. The summed E-state index contributed by atoms with van der Waals surface area (Å²) in [4.78, 5) is 27.0. The normalized spacial score (nSPS) is 19.5. The molecule has 4 aromatic rings. The zero-order valence-electron chi connectivity index (χ0n) is 21.0. The zero-order valence-corrected chi connectivity index (χ0v) is 21.0. The molecule has 0 unspecified atom stereocenters. The van der Waals surface area contributed by atoms with Gasteiger partial charge >= 0.3 is 0 Å². The van der Waals surface area contributed by atoms with Gasteiger partial charge in [0, 0.05) is 32.0 Å². The van der Waals surface area contributed by atoms with Crippen LogP contribution in [0.3, 0.4) is 0 Å². The molecule has 3 aliphatic rings. The number of rotatable bonds is 4. The van der Waals surface area contributed by atoms with Crippen LogP contribution in [0.2, 0.25) is 0 Å². The van der Waals surface area contributed by atoms with Crippen molar-refractivity contribution in [3.63, 3.8) is 0 Å². The van der Waals surface area contributed by atoms with Gasteiger partial charge < -0.3 is 14.2 Å². The molecule has 7 rings (SSSR count). The fourth-order valence-corrected chi connectivity index (χ4v) is 6.02. The highest BCUT2D eigenvalue weighted by Gasteiger charge is 2.32. The van der Waals surface area contributed by atoms with Gasteiger partial charge in [0.25, 0.3) is 5.91 Å². The molecule has 2 aliphatic heterocycles. The lowest BCUT2D eigenvalue weighted by atomic mass is 9.93. The monoisotopic (exact) mass is 495 g/mol. The number of pyridine rings is 2. The van der Waals surface area contributed by atoms with Crippen LogP contribution in [-0.2, 0) is 6.42 Å². The number of amides is 1. The molecular formula is C30H30FN5O. The van der Waals surface area contributed by atoms with Crippen molar-refractivity contribution in [1.29, 1.82) is 0 Å². The van der Waals surface area contributed by atoms with Crippen molar-refractivity contribution in [1.82, 2.24) is 19.3 Å². The first-order valence-corrected chi connectivity index (χ1v) is 13.4. The SMILES string of the molecule is C[C@@H]1c2ccccc2CCN1C(=O)c1cc(C2CC2)c2nc(-c3ccc(N4CCCC4)nc3F)cn2c1. The number of fused-ring (bicyclic) bond motifs is 2. The average Bonchev–Trinajstić information content (AvgIpc) is 3.43. The average molecular weight is 496 g/mol. The lowest BCUT2D eigenvalue weighted by Gasteiger charge is -2.35. The second kappa shape index (κ2) is 8.68. The van der Waals surface area contributed by atoms with Crippen molar-refractivity contribution in [2.75, 3.05) is 24.5 Å². The molecule has 0 bridgehead atoms. The Morgan fingerprint density at radius 3 is 2.57 bits per heavy atom. The minimum Gasteiger partial charge on any atom is -0.357 e. The van der Waals surface area contributed by atoms with E-state index in [9.17, 15) is 4.79 Å². The predicted molar refractivity (Wildman–Crippen MR) is 141 cm³/mol. The maximum atomic E-state index is 15.2. The van der Waals surface area contributed by atoms with E-state index in [1.807, 2.05) is 39.9 Å². The summed E-state index contributed by atoms with van der Waals surface area (Å²) in [5.41, 5.74) is 6.01. The highest BCUT2D eigenvalue weighted by atomic mass is 19.1. The van der Waals surface area contributed by atoms with Crippen LogP contribution >= 0.6 is 0 Å². The number of carbonyl (C=O) groups excluding carboxylic acids is 1. The van der Waals surface area contributed by atoms with Crippen LogP contribution in [0, 0.1) is 5.95 Å². The molecule has 7 heteroatoms. The first-order chi connectivity index (χ1) is 18.1. The summed E-state index contributed by atoms with van der Waals surface area (Å²) in [6, 6.07) is 14.1. The summed E-state index contributed by atoms with van der Waals surface area (Å²) < 4.78 is 17.1. The Kier molecular flexibility index (Phi) is 5.27. The maximum absolute atomic E-state index is 15.2. The van der Waals surface area contributed by atoms with Crippen molar-refractivity contribution >= 4 is 17.4 Å². The molecule has 1 saturated heterocycles. The predicted octanol–water partition coefficient (Wildman–Crippen LogP) is 5.77. The van der Waals surface area contributed by atoms with Gasteiger partial charge in [-0.25, -0.2) is 9.97 Å². The molecule has 37 heavy (non-hydrogen) atoms. The van der Waals surface area contributed by atoms with Crippen LogP contribution in [0.15, 0.2) is 54.9 Å². The molecule has 3 aromatic heterocycles. The Morgan fingerprint density at radius 1 is 0.973 bits per heavy atom. The van der Waals surface area contributed by atoms with E-state index in [0.29, 0.717) is 35.1 Å². The lowest BCUT2D eigenvalue weighted by Crippen LogP contribution is -2.39. The topological polar surface area (TPSA) is 53.7 Å². The number of nitrogens with zero attached hydrogens (tertiary/aromatic N) is 5. The van der Waals surface area contributed by atoms with E-state index in [1.165, 1.54) is 11.1 Å². The molecular weight excluding hydrogens is 465 g/mol. The van der Waals surface area contributed by atoms with Crippen molar-refractivity contribution in [2.45, 2.75) is 51.0 Å². The highest BCUT2D eigenvalue weighted by molar-refractivity contribution is 5.95. The summed E-state index contributed by atoms with van der Waals surface area (Å²) >= 11 is 0. The lowest BCUT2D eigenvalue weighted by molar-refractivity contribution is 0.0677. The quantitative estimate of drug-likeness (QED) is 0.337. The number of carbonyl (C=O) groups is 1. The Balaban J connectivity index is 1.25. The summed E-state index contributed by atoms with van der Waals surface area (Å²) in [6.45, 7) is 4.64. The maximum Gasteiger partial charge on any atom is 0.255 e. The van der Waals surface area contributed by atoms with Crippen molar-refractivity contribution in [3.8, 4) is 11.3 Å². The van der Waals surface area contributed by atoms with Gasteiger partial charge in [0.2, 0.25) is 5.95 Å². The van der Waals surface area contributed by atoms with E-state index in [2.05, 4.69) is 35.0 Å². The van der Waals surface area contributed by atoms with Gasteiger partial charge in [0.05, 0.1) is 22.9 Å². The molecule has 1 atom stereocenters. The molecule has 6 nitrogen and oxygen atoms in total. The minimum absolute atomic E-state index is 0.0187. The van der Waals surface area contributed by atoms with Crippen LogP contribution < -0.4 is 4.90 Å². The third-order valence-corrected chi connectivity index (χ3v) is 8.24. The summed E-state index contributed by atoms with van der Waals surface area (Å²) in [5, 5.41) is 0. The van der Waals surface area contributed by atoms with E-state index in [1.54, 1.807) is 6.07 Å². The molecule has 1 aromatic carbocycles. The molecule has 1 saturated carbocycles. The van der Waals surface area contributed by atoms with Gasteiger partial charge in [-0.15, -0.1) is 0 Å². The molecule has 2 fully saturated rings. The number of imidazole rings is 1. The van der Waals surface area contributed by atoms with Crippen LogP contribution in [-0.4, -0.2) is 44.8 Å². The van der Waals surface area contributed by atoms with Crippen LogP contribution in [0.4, 0.5) is 10.2 Å². The Hall–Kier alpha value is -3.74. The van der Waals surface area contributed by atoms with E-state index in [4.69, 9.17) is 4.98 Å². The third kappa shape index (κ3) is 3.88. The number of halogens is 1. The smallest absolute Gasteiger partial charge is 0.255 e. The zero-order chi connectivity index (χ0) is 25.1. The van der Waals surface area contributed by atoms with E-state index in [0.717, 1.165) is 56.4 Å². The van der Waals surface area contributed by atoms with Crippen molar-refractivity contribution in [2.24, 2.45) is 0 Å². The summed E-state index contributed by atoms with van der Waals surface area (Å²) in [7, 11) is 0. The van der Waals surface area contributed by atoms with Crippen molar-refractivity contribution < 1.29 is 9.18 Å². The van der Waals surface area contributed by atoms with Gasteiger partial charge in [0.15, 0.2) is 0 Å². The van der Waals surface area contributed by atoms with Gasteiger partial charge in [-0.2, -0.15) is 4.39 Å². The Labute approximate surface area is 215 Å². The van der Waals surface area contributed by atoms with E-state index >= 15 is 4.39 Å². The van der Waals surface area contributed by atoms with Gasteiger partial charge in [-0.05, 0) is 79.8 Å². The molecule has 0 spiro atoms. The van der Waals surface area contributed by atoms with Gasteiger partial charge in [-0.3, -0.25) is 4.79 Å². The molecule has 5 heterocycles. The van der Waals surface area contributed by atoms with Gasteiger partial charge in [-0.1, -0.05) is 24.3 Å². The standard InChI is InChI=1S/C30H30FN5O/c1-19-23-7-3-2-6-20(23)12-15-36(19)30(37)22-16-25(21-8-9-21)29-32-26(18-35(29)17-22)24-10-11-27(33-28(24)31)34-13-4-5-14-34/h2-3,6-7,10-11,16-19,21H,4-5,8-9,12-15H2,1H3/t19-/m1/s1. The molecule has 0 radical (unpaired) electrons. The second-order valence-electron chi connectivity index (χ2n) is 10.6. The minimum atomic E-state index is -0.502. The van der Waals surface area contributed by atoms with E-state index < -0.39 is 5.95 Å². The number of aromatic nitrogens is 3. The summed E-state index contributed by atoms with van der Waals surface area (Å²) in [5.74, 6) is 0.610. The molecule has 0 N–H and O–H groups in total. The first-order valence-electron chi connectivity index (χ1n) is 13.4. The fraction of sp³-hybridized carbons (Fsp3) is 0.367. The van der Waals surface area contributed by atoms with Crippen LogP contribution in [0.25, 0.3) is 16.9 Å². The molecule has 1 aliphatic carbocycles. The Morgan fingerprint density at radius 2 is 1.78 bits per heavy atom. The number of hydrogen-bond acceptors (Lipinski definition) is 4. The van der Waals surface area contributed by atoms with Gasteiger partial charge in [0.1, 0.15) is 11.5 Å². The first kappa shape index (κ1) is 22.5. The Bertz CT molecular complexity index is 1520. The third-order valence-electron chi connectivity index (χ3n) is 8.24. The van der Waals surface area contributed by atoms with Crippen LogP contribution in [0.5, 0.6) is 0 Å². The molecule has 188 valence electrons. The number of hydrogen-bond donors (Lipinski definition) is 0. The molecule has 1 amide bonds. The van der Waals surface area contributed by atoms with Crippen molar-refractivity contribution in [3.05, 3.63) is 83.1 Å². The van der Waals surface area contributed by atoms with E-state index in [-0.39, 0.29) is 11.9 Å². The number of anilines is 1. The largest absolute Gasteiger partial charge is 0.357 e.